The summed E-state index contributed by atoms with van der Waals surface area (Å²) in [5.41, 5.74) is 0. The number of halogens is 2. The first-order valence-corrected chi connectivity index (χ1v) is 8.49. The summed E-state index contributed by atoms with van der Waals surface area (Å²) in [7, 11) is -3.75. The van der Waals surface area contributed by atoms with Crippen molar-refractivity contribution in [2.75, 3.05) is 19.6 Å². The third-order valence-corrected chi connectivity index (χ3v) is 6.51. The number of nitrogens with zero attached hydrogens (tertiary/aromatic N) is 1. The van der Waals surface area contributed by atoms with Crippen molar-refractivity contribution in [3.63, 3.8) is 0 Å². The highest BCUT2D eigenvalue weighted by atomic mass is 35.5. The molecule has 3 rings (SSSR count). The van der Waals surface area contributed by atoms with Crippen molar-refractivity contribution in [2.24, 2.45) is 5.92 Å². The topological polar surface area (TPSA) is 49.4 Å². The molecule has 0 saturated carbocycles. The summed E-state index contributed by atoms with van der Waals surface area (Å²) in [6.07, 6.45) is 1.86. The third kappa shape index (κ3) is 2.35. The van der Waals surface area contributed by atoms with Gasteiger partial charge in [-0.3, -0.25) is 0 Å². The van der Waals surface area contributed by atoms with Crippen molar-refractivity contribution >= 4 is 21.6 Å². The van der Waals surface area contributed by atoms with Crippen LogP contribution in [-0.2, 0) is 10.0 Å². The van der Waals surface area contributed by atoms with Gasteiger partial charge in [-0.05, 0) is 43.5 Å². The molecular formula is C13H16ClFN2O2S. The van der Waals surface area contributed by atoms with E-state index in [9.17, 15) is 12.8 Å². The molecular weight excluding hydrogens is 303 g/mol. The summed E-state index contributed by atoms with van der Waals surface area (Å²) >= 11 is 5.95. The Labute approximate surface area is 123 Å². The number of benzene rings is 1. The minimum absolute atomic E-state index is 0.0481. The second-order valence-electron chi connectivity index (χ2n) is 5.32. The maximum Gasteiger partial charge on any atom is 0.244 e. The molecule has 2 atom stereocenters. The maximum absolute atomic E-state index is 13.4. The van der Waals surface area contributed by atoms with Gasteiger partial charge in [0.25, 0.3) is 0 Å². The van der Waals surface area contributed by atoms with Crippen molar-refractivity contribution in [3.8, 4) is 0 Å². The van der Waals surface area contributed by atoms with Gasteiger partial charge in [0, 0.05) is 19.1 Å². The van der Waals surface area contributed by atoms with E-state index in [1.165, 1.54) is 10.4 Å². The molecule has 0 aromatic heterocycles. The molecule has 1 aromatic rings. The lowest BCUT2D eigenvalue weighted by atomic mass is 9.94. The molecule has 0 aliphatic carbocycles. The average molecular weight is 319 g/mol. The lowest BCUT2D eigenvalue weighted by Crippen LogP contribution is -2.48. The molecule has 0 bridgehead atoms. The highest BCUT2D eigenvalue weighted by Gasteiger charge is 2.41. The Morgan fingerprint density at radius 3 is 2.95 bits per heavy atom. The van der Waals surface area contributed by atoms with Gasteiger partial charge in [0.05, 0.1) is 5.02 Å². The Kier molecular flexibility index (Phi) is 3.75. The molecule has 0 spiro atoms. The number of hydrogen-bond acceptors (Lipinski definition) is 3. The minimum Gasteiger partial charge on any atom is -0.315 e. The van der Waals surface area contributed by atoms with Crippen LogP contribution in [0, 0.1) is 11.7 Å². The fourth-order valence-corrected chi connectivity index (χ4v) is 5.34. The summed E-state index contributed by atoms with van der Waals surface area (Å²) < 4.78 is 40.3. The van der Waals surface area contributed by atoms with Gasteiger partial charge in [-0.25, -0.2) is 12.8 Å². The summed E-state index contributed by atoms with van der Waals surface area (Å²) in [4.78, 5) is -0.133. The largest absolute Gasteiger partial charge is 0.315 e. The van der Waals surface area contributed by atoms with Gasteiger partial charge >= 0.3 is 0 Å². The standard InChI is InChI=1S/C13H16ClFN2O2S/c14-11-4-3-10(15)6-13(11)20(18,19)17-5-1-2-9-7-16-8-12(9)17/h3-4,6,9,12,16H,1-2,5,7-8H2. The number of sulfonamides is 1. The number of nitrogens with one attached hydrogen (secondary N) is 1. The number of rotatable bonds is 2. The molecule has 0 radical (unpaired) electrons. The number of piperidine rings is 1. The van der Waals surface area contributed by atoms with Crippen LogP contribution in [0.1, 0.15) is 12.8 Å². The maximum atomic E-state index is 13.4. The van der Waals surface area contributed by atoms with E-state index in [0.717, 1.165) is 31.5 Å². The smallest absolute Gasteiger partial charge is 0.244 e. The van der Waals surface area contributed by atoms with Crippen molar-refractivity contribution < 1.29 is 12.8 Å². The Morgan fingerprint density at radius 2 is 2.15 bits per heavy atom. The first-order valence-electron chi connectivity index (χ1n) is 6.68. The van der Waals surface area contributed by atoms with Gasteiger partial charge in [-0.1, -0.05) is 11.6 Å². The van der Waals surface area contributed by atoms with Crippen LogP contribution in [0.4, 0.5) is 4.39 Å². The van der Waals surface area contributed by atoms with Crippen LogP contribution in [-0.4, -0.2) is 38.4 Å². The fourth-order valence-electron chi connectivity index (χ4n) is 3.13. The quantitative estimate of drug-likeness (QED) is 0.905. The molecule has 7 heteroatoms. The highest BCUT2D eigenvalue weighted by molar-refractivity contribution is 7.89. The Morgan fingerprint density at radius 1 is 1.35 bits per heavy atom. The van der Waals surface area contributed by atoms with Crippen LogP contribution in [0.5, 0.6) is 0 Å². The van der Waals surface area contributed by atoms with E-state index in [-0.39, 0.29) is 16.0 Å². The number of hydrogen-bond donors (Lipinski definition) is 1. The molecule has 2 aliphatic heterocycles. The molecule has 2 fully saturated rings. The molecule has 2 saturated heterocycles. The molecule has 0 amide bonds. The summed E-state index contributed by atoms with van der Waals surface area (Å²) in [5, 5.41) is 3.30. The molecule has 20 heavy (non-hydrogen) atoms. The van der Waals surface area contributed by atoms with Crippen molar-refractivity contribution in [3.05, 3.63) is 29.0 Å². The second-order valence-corrected chi connectivity index (χ2v) is 7.58. The molecule has 2 aliphatic rings. The molecule has 1 N–H and O–H groups in total. The first-order chi connectivity index (χ1) is 9.50. The zero-order valence-corrected chi connectivity index (χ0v) is 12.4. The van der Waals surface area contributed by atoms with Crippen LogP contribution >= 0.6 is 11.6 Å². The van der Waals surface area contributed by atoms with Gasteiger partial charge < -0.3 is 5.32 Å². The highest BCUT2D eigenvalue weighted by Crippen LogP contribution is 2.33. The molecule has 4 nitrogen and oxygen atoms in total. The summed E-state index contributed by atoms with van der Waals surface area (Å²) in [6.45, 7) is 1.96. The van der Waals surface area contributed by atoms with Crippen LogP contribution in [0.15, 0.2) is 23.1 Å². The molecule has 2 heterocycles. The normalized spacial score (nSPS) is 27.5. The van der Waals surface area contributed by atoms with Crippen LogP contribution < -0.4 is 5.32 Å². The van der Waals surface area contributed by atoms with Gasteiger partial charge in [0.15, 0.2) is 0 Å². The lowest BCUT2D eigenvalue weighted by molar-refractivity contribution is 0.217. The van der Waals surface area contributed by atoms with E-state index >= 15 is 0 Å². The van der Waals surface area contributed by atoms with Gasteiger partial charge in [0.1, 0.15) is 10.7 Å². The van der Waals surface area contributed by atoms with Crippen molar-refractivity contribution in [1.29, 1.82) is 0 Å². The number of fused-ring (bicyclic) bond motifs is 1. The van der Waals surface area contributed by atoms with Crippen LogP contribution in [0.3, 0.4) is 0 Å². The average Bonchev–Trinajstić information content (AvgIpc) is 2.89. The van der Waals surface area contributed by atoms with Gasteiger partial charge in [-0.2, -0.15) is 4.31 Å². The predicted octanol–water partition coefficient (Wildman–Crippen LogP) is 1.85. The van der Waals surface area contributed by atoms with E-state index in [4.69, 9.17) is 11.6 Å². The second kappa shape index (κ2) is 5.26. The van der Waals surface area contributed by atoms with Gasteiger partial charge in [-0.15, -0.1) is 0 Å². The van der Waals surface area contributed by atoms with E-state index in [2.05, 4.69) is 5.32 Å². The Bertz CT molecular complexity index is 623. The van der Waals surface area contributed by atoms with Crippen molar-refractivity contribution in [2.45, 2.75) is 23.8 Å². The lowest BCUT2D eigenvalue weighted by Gasteiger charge is -2.36. The Hall–Kier alpha value is -0.690. The summed E-state index contributed by atoms with van der Waals surface area (Å²) in [5.74, 6) is -0.253. The van der Waals surface area contributed by atoms with Gasteiger partial charge in [0.2, 0.25) is 10.0 Å². The molecule has 1 aromatic carbocycles. The monoisotopic (exact) mass is 318 g/mol. The van der Waals surface area contributed by atoms with E-state index in [1.54, 1.807) is 0 Å². The van der Waals surface area contributed by atoms with E-state index < -0.39 is 15.8 Å². The SMILES string of the molecule is O=S(=O)(c1cc(F)ccc1Cl)N1CCCC2CNCC21. The van der Waals surface area contributed by atoms with E-state index in [1.807, 2.05) is 0 Å². The third-order valence-electron chi connectivity index (χ3n) is 4.11. The minimum atomic E-state index is -3.75. The predicted molar refractivity (Wildman–Crippen MR) is 74.7 cm³/mol. The fraction of sp³-hybridized carbons (Fsp3) is 0.538. The van der Waals surface area contributed by atoms with Crippen LogP contribution in [0.2, 0.25) is 5.02 Å². The summed E-state index contributed by atoms with van der Waals surface area (Å²) in [6, 6.07) is 3.41. The van der Waals surface area contributed by atoms with E-state index in [0.29, 0.717) is 19.0 Å². The zero-order valence-electron chi connectivity index (χ0n) is 10.9. The van der Waals surface area contributed by atoms with Crippen LogP contribution in [0.25, 0.3) is 0 Å². The first kappa shape index (κ1) is 14.3. The molecule has 2 unspecified atom stereocenters. The Balaban J connectivity index is 2.00. The van der Waals surface area contributed by atoms with Crippen molar-refractivity contribution in [1.82, 2.24) is 9.62 Å². The molecule has 110 valence electrons. The zero-order chi connectivity index (χ0) is 14.3.